The van der Waals surface area contributed by atoms with Gasteiger partial charge in [-0.15, -0.1) is 0 Å². The first kappa shape index (κ1) is 22.9. The van der Waals surface area contributed by atoms with Gasteiger partial charge in [-0.2, -0.15) is 4.31 Å². The first-order valence-electron chi connectivity index (χ1n) is 10.4. The average molecular weight is 447 g/mol. The number of urea groups is 1. The Hall–Kier alpha value is -2.78. The van der Waals surface area contributed by atoms with E-state index in [-0.39, 0.29) is 12.3 Å². The number of anilines is 2. The van der Waals surface area contributed by atoms with Crippen LogP contribution in [-0.2, 0) is 10.0 Å². The molecule has 8 nitrogen and oxygen atoms in total. The van der Waals surface area contributed by atoms with Crippen LogP contribution in [0.25, 0.3) is 0 Å². The second-order valence-electron chi connectivity index (χ2n) is 7.38. The second-order valence-corrected chi connectivity index (χ2v) is 9.47. The minimum Gasteiger partial charge on any atom is -0.494 e. The van der Waals surface area contributed by atoms with E-state index in [1.54, 1.807) is 24.3 Å². The minimum atomic E-state index is -3.43. The highest BCUT2D eigenvalue weighted by Crippen LogP contribution is 2.19. The summed E-state index contributed by atoms with van der Waals surface area (Å²) in [6, 6.07) is 14.8. The van der Waals surface area contributed by atoms with Gasteiger partial charge < -0.3 is 20.3 Å². The molecule has 0 unspecified atom stereocenters. The van der Waals surface area contributed by atoms with Crippen molar-refractivity contribution in [3.63, 3.8) is 0 Å². The Kier molecular flexibility index (Phi) is 7.75. The highest BCUT2D eigenvalue weighted by atomic mass is 32.2. The van der Waals surface area contributed by atoms with Crippen molar-refractivity contribution in [2.45, 2.75) is 13.8 Å². The molecule has 0 radical (unpaired) electrons. The zero-order valence-corrected chi connectivity index (χ0v) is 18.8. The van der Waals surface area contributed by atoms with Gasteiger partial charge >= 0.3 is 6.03 Å². The number of ether oxygens (including phenoxy) is 1. The summed E-state index contributed by atoms with van der Waals surface area (Å²) >= 11 is 0. The third-order valence-electron chi connectivity index (χ3n) is 5.07. The standard InChI is InChI=1S/C22H30N4O4S/c1-3-30-21-9-7-19(8-10-21)24-22(27)23-11-16-31(28,29)26-14-12-25(13-15-26)20-6-4-5-18(2)17-20/h4-10,17H,3,11-16H2,1-2H3,(H2,23,24,27). The van der Waals surface area contributed by atoms with Crippen LogP contribution in [0.4, 0.5) is 16.2 Å². The molecule has 1 aliphatic heterocycles. The Morgan fingerprint density at radius 1 is 1.06 bits per heavy atom. The van der Waals surface area contributed by atoms with Crippen LogP contribution in [0.5, 0.6) is 5.75 Å². The van der Waals surface area contributed by atoms with Crippen molar-refractivity contribution in [1.82, 2.24) is 9.62 Å². The molecule has 0 atom stereocenters. The summed E-state index contributed by atoms with van der Waals surface area (Å²) < 4.78 is 32.2. The van der Waals surface area contributed by atoms with Gasteiger partial charge in [0.05, 0.1) is 12.4 Å². The molecule has 1 saturated heterocycles. The fraction of sp³-hybridized carbons (Fsp3) is 0.409. The summed E-state index contributed by atoms with van der Waals surface area (Å²) in [5.74, 6) is 0.593. The van der Waals surface area contributed by atoms with Crippen molar-refractivity contribution in [2.24, 2.45) is 0 Å². The van der Waals surface area contributed by atoms with Gasteiger partial charge in [0.1, 0.15) is 5.75 Å². The molecule has 2 aromatic carbocycles. The lowest BCUT2D eigenvalue weighted by atomic mass is 10.2. The van der Waals surface area contributed by atoms with E-state index in [9.17, 15) is 13.2 Å². The molecule has 3 rings (SSSR count). The highest BCUT2D eigenvalue weighted by Gasteiger charge is 2.26. The van der Waals surface area contributed by atoms with Crippen molar-refractivity contribution < 1.29 is 17.9 Å². The van der Waals surface area contributed by atoms with Gasteiger partial charge in [-0.05, 0) is 55.8 Å². The first-order chi connectivity index (χ1) is 14.9. The molecule has 0 aromatic heterocycles. The molecule has 0 spiro atoms. The van der Waals surface area contributed by atoms with Crippen LogP contribution in [0.15, 0.2) is 48.5 Å². The van der Waals surface area contributed by atoms with Gasteiger partial charge in [-0.25, -0.2) is 13.2 Å². The van der Waals surface area contributed by atoms with Crippen molar-refractivity contribution in [1.29, 1.82) is 0 Å². The number of rotatable bonds is 8. The number of amides is 2. The number of sulfonamides is 1. The number of nitrogens with zero attached hydrogens (tertiary/aromatic N) is 2. The predicted molar refractivity (Wildman–Crippen MR) is 123 cm³/mol. The summed E-state index contributed by atoms with van der Waals surface area (Å²) in [4.78, 5) is 14.2. The first-order valence-corrected chi connectivity index (χ1v) is 12.1. The minimum absolute atomic E-state index is 0.0449. The van der Waals surface area contributed by atoms with Crippen LogP contribution in [-0.4, -0.2) is 63.8 Å². The van der Waals surface area contributed by atoms with Gasteiger partial charge in [0, 0.05) is 44.1 Å². The van der Waals surface area contributed by atoms with Crippen LogP contribution >= 0.6 is 0 Å². The maximum Gasteiger partial charge on any atom is 0.319 e. The topological polar surface area (TPSA) is 91.0 Å². The summed E-state index contributed by atoms with van der Waals surface area (Å²) in [5.41, 5.74) is 2.91. The lowest BCUT2D eigenvalue weighted by Crippen LogP contribution is -2.50. The summed E-state index contributed by atoms with van der Waals surface area (Å²) in [6.07, 6.45) is 0. The lowest BCUT2D eigenvalue weighted by Gasteiger charge is -2.35. The smallest absolute Gasteiger partial charge is 0.319 e. The largest absolute Gasteiger partial charge is 0.494 e. The molecule has 9 heteroatoms. The van der Waals surface area contributed by atoms with Crippen LogP contribution in [0, 0.1) is 6.92 Å². The average Bonchev–Trinajstić information content (AvgIpc) is 2.75. The molecular weight excluding hydrogens is 416 g/mol. The Morgan fingerprint density at radius 2 is 1.77 bits per heavy atom. The second kappa shape index (κ2) is 10.5. The van der Waals surface area contributed by atoms with Gasteiger partial charge in [-0.1, -0.05) is 12.1 Å². The predicted octanol–water partition coefficient (Wildman–Crippen LogP) is 2.67. The van der Waals surface area contributed by atoms with Gasteiger partial charge in [0.15, 0.2) is 0 Å². The Labute approximate surface area is 184 Å². The number of carbonyl (C=O) groups is 1. The zero-order valence-electron chi connectivity index (χ0n) is 18.0. The van der Waals surface area contributed by atoms with E-state index in [2.05, 4.69) is 21.6 Å². The third kappa shape index (κ3) is 6.60. The van der Waals surface area contributed by atoms with E-state index >= 15 is 0 Å². The van der Waals surface area contributed by atoms with Crippen molar-refractivity contribution in [3.8, 4) is 5.75 Å². The highest BCUT2D eigenvalue weighted by molar-refractivity contribution is 7.89. The molecule has 1 aliphatic rings. The van der Waals surface area contributed by atoms with Crippen molar-refractivity contribution in [3.05, 3.63) is 54.1 Å². The van der Waals surface area contributed by atoms with Gasteiger partial charge in [0.25, 0.3) is 0 Å². The molecule has 0 bridgehead atoms. The number of carbonyl (C=O) groups excluding carboxylic acids is 1. The number of aryl methyl sites for hydroxylation is 1. The van der Waals surface area contributed by atoms with Crippen LogP contribution < -0.4 is 20.3 Å². The fourth-order valence-corrected chi connectivity index (χ4v) is 4.79. The van der Waals surface area contributed by atoms with E-state index in [1.807, 2.05) is 32.0 Å². The molecule has 0 aliphatic carbocycles. The summed E-state index contributed by atoms with van der Waals surface area (Å²) in [6.45, 7) is 6.74. The van der Waals surface area contributed by atoms with E-state index in [0.717, 1.165) is 11.4 Å². The van der Waals surface area contributed by atoms with Gasteiger partial charge in [-0.3, -0.25) is 0 Å². The monoisotopic (exact) mass is 446 g/mol. The van der Waals surface area contributed by atoms with Crippen LogP contribution in [0.1, 0.15) is 12.5 Å². The number of nitrogens with one attached hydrogen (secondary N) is 2. The number of piperazine rings is 1. The van der Waals surface area contributed by atoms with E-state index in [4.69, 9.17) is 4.74 Å². The number of hydrogen-bond donors (Lipinski definition) is 2. The maximum absolute atomic E-state index is 12.6. The Bertz CT molecular complexity index is 971. The van der Waals surface area contributed by atoms with Gasteiger partial charge in [0.2, 0.25) is 10.0 Å². The lowest BCUT2D eigenvalue weighted by molar-refractivity contribution is 0.252. The SMILES string of the molecule is CCOc1ccc(NC(=O)NCCS(=O)(=O)N2CCN(c3cccc(C)c3)CC2)cc1. The van der Waals surface area contributed by atoms with E-state index in [1.165, 1.54) is 9.87 Å². The van der Waals surface area contributed by atoms with E-state index < -0.39 is 16.1 Å². The Morgan fingerprint density at radius 3 is 2.42 bits per heavy atom. The molecule has 2 N–H and O–H groups in total. The quantitative estimate of drug-likeness (QED) is 0.651. The molecule has 2 aromatic rings. The molecular formula is C22H30N4O4S. The molecule has 1 heterocycles. The van der Waals surface area contributed by atoms with E-state index in [0.29, 0.717) is 38.5 Å². The fourth-order valence-electron chi connectivity index (χ4n) is 3.45. The molecule has 168 valence electrons. The maximum atomic E-state index is 12.6. The van der Waals surface area contributed by atoms with Crippen molar-refractivity contribution >= 4 is 27.4 Å². The Balaban J connectivity index is 1.42. The molecule has 0 saturated carbocycles. The molecule has 2 amide bonds. The third-order valence-corrected chi connectivity index (χ3v) is 6.94. The zero-order chi connectivity index (χ0) is 22.3. The molecule has 1 fully saturated rings. The summed E-state index contributed by atoms with van der Waals surface area (Å²) in [7, 11) is -3.43. The van der Waals surface area contributed by atoms with Crippen LogP contribution in [0.3, 0.4) is 0 Å². The van der Waals surface area contributed by atoms with Crippen LogP contribution in [0.2, 0.25) is 0 Å². The molecule has 31 heavy (non-hydrogen) atoms. The normalized spacial score (nSPS) is 14.8. The summed E-state index contributed by atoms with van der Waals surface area (Å²) in [5, 5.41) is 5.29. The number of benzene rings is 2. The number of hydrogen-bond acceptors (Lipinski definition) is 5. The van der Waals surface area contributed by atoms with Crippen molar-refractivity contribution in [2.75, 3.05) is 55.3 Å².